The molecule has 0 aliphatic rings. The Bertz CT molecular complexity index is 303. The zero-order valence-corrected chi connectivity index (χ0v) is 6.76. The van der Waals surface area contributed by atoms with Gasteiger partial charge in [-0.3, -0.25) is 0 Å². The second-order valence-corrected chi connectivity index (χ2v) is 2.64. The van der Waals surface area contributed by atoms with Crippen LogP contribution in [0.25, 0.3) is 0 Å². The van der Waals surface area contributed by atoms with E-state index >= 15 is 0 Å². The van der Waals surface area contributed by atoms with Crippen LogP contribution in [0.3, 0.4) is 0 Å². The van der Waals surface area contributed by atoms with Crippen molar-refractivity contribution in [2.75, 3.05) is 0 Å². The van der Waals surface area contributed by atoms with Gasteiger partial charge in [0.25, 0.3) is 0 Å². The van der Waals surface area contributed by atoms with Crippen LogP contribution in [0.5, 0.6) is 0 Å². The number of nitrogens with zero attached hydrogens (tertiary/aromatic N) is 1. The summed E-state index contributed by atoms with van der Waals surface area (Å²) < 4.78 is 12.4. The van der Waals surface area contributed by atoms with Gasteiger partial charge in [-0.05, 0) is 22.0 Å². The van der Waals surface area contributed by atoms with Crippen LogP contribution in [0.2, 0.25) is 0 Å². The minimum atomic E-state index is -1.38. The molecule has 0 N–H and O–H groups in total. The highest BCUT2D eigenvalue weighted by molar-refractivity contribution is 9.10. The Morgan fingerprint density at radius 3 is 2.82 bits per heavy atom. The molecular weight excluding hydrogens is 217 g/mol. The Labute approximate surface area is 70.0 Å². The molecule has 0 saturated heterocycles. The third kappa shape index (κ3) is 1.74. The zero-order valence-electron chi connectivity index (χ0n) is 5.17. The zero-order chi connectivity index (χ0) is 8.43. The number of rotatable bonds is 1. The Morgan fingerprint density at radius 2 is 2.36 bits per heavy atom. The van der Waals surface area contributed by atoms with Crippen LogP contribution < -0.4 is 5.11 Å². The monoisotopic (exact) mass is 218 g/mol. The summed E-state index contributed by atoms with van der Waals surface area (Å²) in [6.07, 6.45) is 0.898. The van der Waals surface area contributed by atoms with E-state index in [1.807, 2.05) is 0 Å². The second-order valence-electron chi connectivity index (χ2n) is 1.78. The summed E-state index contributed by atoms with van der Waals surface area (Å²) in [5.74, 6) is -2.12. The first kappa shape index (κ1) is 8.13. The van der Waals surface area contributed by atoms with Crippen LogP contribution in [0, 0.1) is 5.95 Å². The number of aromatic carboxylic acids is 1. The summed E-state index contributed by atoms with van der Waals surface area (Å²) in [5.41, 5.74) is -0.154. The lowest BCUT2D eigenvalue weighted by Gasteiger charge is -2.00. The average molecular weight is 219 g/mol. The molecule has 0 aliphatic heterocycles. The molecule has 58 valence electrons. The van der Waals surface area contributed by atoms with Crippen molar-refractivity contribution < 1.29 is 14.3 Å². The second kappa shape index (κ2) is 2.96. The lowest BCUT2D eigenvalue weighted by Crippen LogP contribution is -2.22. The van der Waals surface area contributed by atoms with Crippen molar-refractivity contribution in [2.45, 2.75) is 0 Å². The summed E-state index contributed by atoms with van der Waals surface area (Å²) in [7, 11) is 0. The third-order valence-corrected chi connectivity index (χ3v) is 1.59. The molecule has 0 bridgehead atoms. The summed E-state index contributed by atoms with van der Waals surface area (Å²) in [5, 5.41) is 10.2. The molecule has 1 heterocycles. The molecule has 0 aliphatic carbocycles. The molecular formula is C6H2BrFNO2-. The molecule has 5 heteroatoms. The van der Waals surface area contributed by atoms with Gasteiger partial charge in [-0.15, -0.1) is 0 Å². The van der Waals surface area contributed by atoms with Crippen LogP contribution in [0.15, 0.2) is 16.7 Å². The van der Waals surface area contributed by atoms with Crippen molar-refractivity contribution in [1.82, 2.24) is 4.98 Å². The highest BCUT2D eigenvalue weighted by Crippen LogP contribution is 2.13. The quantitative estimate of drug-likeness (QED) is 0.640. The largest absolute Gasteiger partial charge is 0.545 e. The summed E-state index contributed by atoms with van der Waals surface area (Å²) in [6.45, 7) is 0. The van der Waals surface area contributed by atoms with Crippen molar-refractivity contribution in [3.8, 4) is 0 Å². The fourth-order valence-corrected chi connectivity index (χ4v) is 0.882. The maximum Gasteiger partial charge on any atom is 0.227 e. The lowest BCUT2D eigenvalue weighted by atomic mass is 10.3. The van der Waals surface area contributed by atoms with Gasteiger partial charge in [0.05, 0.1) is 10.4 Å². The first-order valence-electron chi connectivity index (χ1n) is 2.63. The van der Waals surface area contributed by atoms with Gasteiger partial charge >= 0.3 is 0 Å². The number of carbonyl (C=O) groups excluding carboxylic acids is 1. The first-order chi connectivity index (χ1) is 5.11. The minimum Gasteiger partial charge on any atom is -0.545 e. The van der Waals surface area contributed by atoms with Crippen LogP contribution in [-0.4, -0.2) is 11.0 Å². The number of hydrogen-bond acceptors (Lipinski definition) is 3. The van der Waals surface area contributed by atoms with E-state index in [0.717, 1.165) is 12.3 Å². The Morgan fingerprint density at radius 1 is 1.73 bits per heavy atom. The number of pyridine rings is 1. The van der Waals surface area contributed by atoms with Gasteiger partial charge in [-0.2, -0.15) is 4.39 Å². The predicted octanol–water partition coefficient (Wildman–Crippen LogP) is 0.347. The van der Waals surface area contributed by atoms with Crippen LogP contribution in [0.1, 0.15) is 10.4 Å². The Balaban J connectivity index is 3.15. The Hall–Kier alpha value is -0.970. The number of aromatic nitrogens is 1. The lowest BCUT2D eigenvalue weighted by molar-refractivity contribution is -0.255. The number of carboxylic acid groups (broad SMARTS) is 1. The normalized spacial score (nSPS) is 9.64. The van der Waals surface area contributed by atoms with E-state index in [9.17, 15) is 14.3 Å². The molecule has 0 radical (unpaired) electrons. The highest BCUT2D eigenvalue weighted by Gasteiger charge is 2.01. The SMILES string of the molecule is O=C([O-])c1cnc(F)c(Br)c1. The number of halogens is 2. The molecule has 0 amide bonds. The van der Waals surface area contributed by atoms with Crippen molar-refractivity contribution in [3.05, 3.63) is 28.2 Å². The van der Waals surface area contributed by atoms with Gasteiger partial charge in [0, 0.05) is 11.8 Å². The summed E-state index contributed by atoms with van der Waals surface area (Å²) in [4.78, 5) is 13.3. The highest BCUT2D eigenvalue weighted by atomic mass is 79.9. The van der Waals surface area contributed by atoms with Crippen molar-refractivity contribution in [3.63, 3.8) is 0 Å². The fraction of sp³-hybridized carbons (Fsp3) is 0. The number of carboxylic acids is 1. The van der Waals surface area contributed by atoms with E-state index < -0.39 is 11.9 Å². The first-order valence-corrected chi connectivity index (χ1v) is 3.43. The maximum absolute atomic E-state index is 12.4. The molecule has 3 nitrogen and oxygen atoms in total. The number of hydrogen-bond donors (Lipinski definition) is 0. The van der Waals surface area contributed by atoms with Crippen molar-refractivity contribution in [2.24, 2.45) is 0 Å². The summed E-state index contributed by atoms with van der Waals surface area (Å²) >= 11 is 2.79. The van der Waals surface area contributed by atoms with Gasteiger partial charge in [-0.1, -0.05) is 0 Å². The maximum atomic E-state index is 12.4. The molecule has 11 heavy (non-hydrogen) atoms. The van der Waals surface area contributed by atoms with Gasteiger partial charge in [0.2, 0.25) is 5.95 Å². The smallest absolute Gasteiger partial charge is 0.227 e. The van der Waals surface area contributed by atoms with E-state index in [4.69, 9.17) is 0 Å². The predicted molar refractivity (Wildman–Crippen MR) is 36.2 cm³/mol. The van der Waals surface area contributed by atoms with Gasteiger partial charge in [0.15, 0.2) is 0 Å². The van der Waals surface area contributed by atoms with Gasteiger partial charge in [-0.25, -0.2) is 4.98 Å². The molecule has 0 saturated carbocycles. The van der Waals surface area contributed by atoms with Crippen LogP contribution >= 0.6 is 15.9 Å². The molecule has 0 unspecified atom stereocenters. The molecule has 1 rings (SSSR count). The third-order valence-electron chi connectivity index (χ3n) is 1.03. The summed E-state index contributed by atoms with van der Waals surface area (Å²) in [6, 6.07) is 1.09. The molecule has 0 spiro atoms. The van der Waals surface area contributed by atoms with Crippen LogP contribution in [-0.2, 0) is 0 Å². The minimum absolute atomic E-state index is 0.0131. The Kier molecular flexibility index (Phi) is 2.19. The van der Waals surface area contributed by atoms with E-state index in [-0.39, 0.29) is 10.0 Å². The van der Waals surface area contributed by atoms with E-state index in [1.165, 1.54) is 0 Å². The topological polar surface area (TPSA) is 53.0 Å². The molecule has 0 aromatic carbocycles. The van der Waals surface area contributed by atoms with E-state index in [2.05, 4.69) is 20.9 Å². The van der Waals surface area contributed by atoms with Crippen molar-refractivity contribution >= 4 is 21.9 Å². The molecule has 0 atom stereocenters. The standard InChI is InChI=1S/C6H3BrFNO2/c7-4-1-3(6(10)11)2-9-5(4)8/h1-2H,(H,10,11)/p-1. The van der Waals surface area contributed by atoms with Gasteiger partial charge in [0.1, 0.15) is 0 Å². The molecule has 1 aromatic heterocycles. The van der Waals surface area contributed by atoms with Crippen molar-refractivity contribution in [1.29, 1.82) is 0 Å². The molecule has 0 fully saturated rings. The number of carbonyl (C=O) groups is 1. The van der Waals surface area contributed by atoms with E-state index in [0.29, 0.717) is 0 Å². The van der Waals surface area contributed by atoms with E-state index in [1.54, 1.807) is 0 Å². The van der Waals surface area contributed by atoms with Gasteiger partial charge < -0.3 is 9.90 Å². The van der Waals surface area contributed by atoms with Crippen LogP contribution in [0.4, 0.5) is 4.39 Å². The molecule has 1 aromatic rings. The average Bonchev–Trinajstić information content (AvgIpc) is 1.94. The fourth-order valence-electron chi connectivity index (χ4n) is 0.533.